The van der Waals surface area contributed by atoms with Gasteiger partial charge in [-0.25, -0.2) is 4.79 Å². The summed E-state index contributed by atoms with van der Waals surface area (Å²) in [5.74, 6) is 0. The summed E-state index contributed by atoms with van der Waals surface area (Å²) in [6.07, 6.45) is 0. The predicted molar refractivity (Wildman–Crippen MR) is 78.8 cm³/mol. The Labute approximate surface area is 114 Å². The molecule has 19 heavy (non-hydrogen) atoms. The van der Waals surface area contributed by atoms with Gasteiger partial charge in [0.25, 0.3) is 0 Å². The van der Waals surface area contributed by atoms with Gasteiger partial charge in [-0.05, 0) is 26.0 Å². The van der Waals surface area contributed by atoms with Gasteiger partial charge in [-0.15, -0.1) is 0 Å². The van der Waals surface area contributed by atoms with Gasteiger partial charge in [0, 0.05) is 32.2 Å². The van der Waals surface area contributed by atoms with Gasteiger partial charge in [-0.1, -0.05) is 12.1 Å². The first-order chi connectivity index (χ1) is 9.16. The Morgan fingerprint density at radius 2 is 1.95 bits per heavy atom. The quantitative estimate of drug-likeness (QED) is 0.776. The first-order valence-electron chi connectivity index (χ1n) is 6.79. The van der Waals surface area contributed by atoms with E-state index in [-0.39, 0.29) is 12.1 Å². The number of anilines is 2. The van der Waals surface area contributed by atoms with E-state index in [2.05, 4.69) is 26.9 Å². The summed E-state index contributed by atoms with van der Waals surface area (Å²) in [6, 6.07) is 7.91. The number of carbonyl (C=O) groups excluding carboxylic acids is 1. The van der Waals surface area contributed by atoms with Gasteiger partial charge >= 0.3 is 6.03 Å². The highest BCUT2D eigenvalue weighted by atomic mass is 16.2. The lowest BCUT2D eigenvalue weighted by molar-refractivity contribution is 0.250. The Kier molecular flexibility index (Phi) is 4.63. The summed E-state index contributed by atoms with van der Waals surface area (Å²) in [5, 5.41) is 9.10. The van der Waals surface area contributed by atoms with Crippen LogP contribution in [0.2, 0.25) is 0 Å². The van der Waals surface area contributed by atoms with E-state index >= 15 is 0 Å². The van der Waals surface area contributed by atoms with Crippen molar-refractivity contribution < 1.29 is 4.79 Å². The van der Waals surface area contributed by atoms with Crippen LogP contribution in [-0.2, 0) is 0 Å². The fourth-order valence-corrected chi connectivity index (χ4v) is 2.18. The fourth-order valence-electron chi connectivity index (χ4n) is 2.18. The molecule has 1 saturated heterocycles. The molecule has 1 aliphatic heterocycles. The normalized spacial score (nSPS) is 15.4. The molecule has 104 valence electrons. The van der Waals surface area contributed by atoms with Crippen LogP contribution in [0.15, 0.2) is 24.3 Å². The van der Waals surface area contributed by atoms with Crippen molar-refractivity contribution in [2.24, 2.45) is 0 Å². The van der Waals surface area contributed by atoms with Gasteiger partial charge in [-0.2, -0.15) is 0 Å². The van der Waals surface area contributed by atoms with Gasteiger partial charge in [0.1, 0.15) is 0 Å². The Morgan fingerprint density at radius 3 is 2.63 bits per heavy atom. The van der Waals surface area contributed by atoms with Gasteiger partial charge in [0.2, 0.25) is 0 Å². The maximum absolute atomic E-state index is 11.8. The number of nitrogens with one attached hydrogen (secondary N) is 3. The zero-order chi connectivity index (χ0) is 13.7. The second-order valence-corrected chi connectivity index (χ2v) is 5.01. The Hall–Kier alpha value is -1.75. The molecule has 0 aliphatic carbocycles. The minimum absolute atomic E-state index is 0.131. The van der Waals surface area contributed by atoms with Crippen LogP contribution in [0, 0.1) is 0 Å². The minimum atomic E-state index is -0.155. The molecule has 5 heteroatoms. The van der Waals surface area contributed by atoms with E-state index in [1.54, 1.807) is 0 Å². The molecule has 0 unspecified atom stereocenters. The zero-order valence-corrected chi connectivity index (χ0v) is 11.6. The van der Waals surface area contributed by atoms with E-state index in [4.69, 9.17) is 0 Å². The van der Waals surface area contributed by atoms with Crippen molar-refractivity contribution in [1.82, 2.24) is 10.6 Å². The standard InChI is InChI=1S/C14H22N4O/c1-11(2)16-14(19)17-12-5-3-4-6-13(12)18-9-7-15-8-10-18/h3-6,11,15H,7-10H2,1-2H3,(H2,16,17,19). The second kappa shape index (κ2) is 6.43. The highest BCUT2D eigenvalue weighted by molar-refractivity contribution is 5.93. The minimum Gasteiger partial charge on any atom is -0.367 e. The number of hydrogen-bond acceptors (Lipinski definition) is 3. The van der Waals surface area contributed by atoms with E-state index in [0.717, 1.165) is 37.6 Å². The summed E-state index contributed by atoms with van der Waals surface area (Å²) < 4.78 is 0. The van der Waals surface area contributed by atoms with Gasteiger partial charge < -0.3 is 20.9 Å². The molecule has 1 heterocycles. The molecule has 3 N–H and O–H groups in total. The molecule has 0 saturated carbocycles. The average molecular weight is 262 g/mol. The van der Waals surface area contributed by atoms with E-state index in [0.29, 0.717) is 0 Å². The molecule has 0 atom stereocenters. The van der Waals surface area contributed by atoms with Crippen molar-refractivity contribution in [3.8, 4) is 0 Å². The van der Waals surface area contributed by atoms with Crippen LogP contribution in [-0.4, -0.2) is 38.3 Å². The Bertz CT molecular complexity index is 427. The van der Waals surface area contributed by atoms with Crippen LogP contribution in [0.3, 0.4) is 0 Å². The predicted octanol–water partition coefficient (Wildman–Crippen LogP) is 1.63. The molecule has 0 bridgehead atoms. The maximum atomic E-state index is 11.8. The average Bonchev–Trinajstić information content (AvgIpc) is 2.39. The van der Waals surface area contributed by atoms with Crippen LogP contribution in [0.25, 0.3) is 0 Å². The monoisotopic (exact) mass is 262 g/mol. The topological polar surface area (TPSA) is 56.4 Å². The first-order valence-corrected chi connectivity index (χ1v) is 6.79. The number of benzene rings is 1. The maximum Gasteiger partial charge on any atom is 0.319 e. The van der Waals surface area contributed by atoms with E-state index in [9.17, 15) is 4.79 Å². The lowest BCUT2D eigenvalue weighted by Crippen LogP contribution is -2.44. The van der Waals surface area contributed by atoms with E-state index < -0.39 is 0 Å². The summed E-state index contributed by atoms with van der Waals surface area (Å²) in [7, 11) is 0. The van der Waals surface area contributed by atoms with Crippen molar-refractivity contribution in [2.75, 3.05) is 36.4 Å². The molecule has 2 amide bonds. The third-order valence-corrected chi connectivity index (χ3v) is 3.03. The van der Waals surface area contributed by atoms with Crippen LogP contribution >= 0.6 is 0 Å². The molecule has 2 rings (SSSR count). The molecule has 0 spiro atoms. The molecule has 5 nitrogen and oxygen atoms in total. The van der Waals surface area contributed by atoms with Crippen molar-refractivity contribution in [1.29, 1.82) is 0 Å². The summed E-state index contributed by atoms with van der Waals surface area (Å²) in [4.78, 5) is 14.1. The highest BCUT2D eigenvalue weighted by Gasteiger charge is 2.15. The Morgan fingerprint density at radius 1 is 1.26 bits per heavy atom. The van der Waals surface area contributed by atoms with Gasteiger partial charge in [-0.3, -0.25) is 0 Å². The smallest absolute Gasteiger partial charge is 0.319 e. The number of hydrogen-bond donors (Lipinski definition) is 3. The fraction of sp³-hybridized carbons (Fsp3) is 0.500. The molecule has 1 fully saturated rings. The number of para-hydroxylation sites is 2. The number of carbonyl (C=O) groups is 1. The second-order valence-electron chi connectivity index (χ2n) is 5.01. The van der Waals surface area contributed by atoms with Crippen LogP contribution in [0.5, 0.6) is 0 Å². The summed E-state index contributed by atoms with van der Waals surface area (Å²) in [5.41, 5.74) is 1.95. The number of urea groups is 1. The van der Waals surface area contributed by atoms with Crippen LogP contribution in [0.4, 0.5) is 16.2 Å². The molecule has 1 aromatic rings. The largest absolute Gasteiger partial charge is 0.367 e. The van der Waals surface area contributed by atoms with Crippen molar-refractivity contribution >= 4 is 17.4 Å². The lowest BCUT2D eigenvalue weighted by Gasteiger charge is -2.31. The number of nitrogens with zero attached hydrogens (tertiary/aromatic N) is 1. The van der Waals surface area contributed by atoms with Gasteiger partial charge in [0.05, 0.1) is 11.4 Å². The third kappa shape index (κ3) is 3.86. The third-order valence-electron chi connectivity index (χ3n) is 3.03. The SMILES string of the molecule is CC(C)NC(=O)Nc1ccccc1N1CCNCC1. The van der Waals surface area contributed by atoms with E-state index in [1.165, 1.54) is 0 Å². The summed E-state index contributed by atoms with van der Waals surface area (Å²) in [6.45, 7) is 7.78. The summed E-state index contributed by atoms with van der Waals surface area (Å²) >= 11 is 0. The van der Waals surface area contributed by atoms with Crippen LogP contribution < -0.4 is 20.9 Å². The van der Waals surface area contributed by atoms with E-state index in [1.807, 2.05) is 32.0 Å². The molecule has 0 radical (unpaired) electrons. The lowest BCUT2D eigenvalue weighted by atomic mass is 10.2. The van der Waals surface area contributed by atoms with Crippen molar-refractivity contribution in [3.63, 3.8) is 0 Å². The number of amides is 2. The van der Waals surface area contributed by atoms with Crippen molar-refractivity contribution in [3.05, 3.63) is 24.3 Å². The zero-order valence-electron chi connectivity index (χ0n) is 11.6. The molecular formula is C14H22N4O. The number of rotatable bonds is 3. The van der Waals surface area contributed by atoms with Gasteiger partial charge in [0.15, 0.2) is 0 Å². The molecular weight excluding hydrogens is 240 g/mol. The van der Waals surface area contributed by atoms with Crippen molar-refractivity contribution in [2.45, 2.75) is 19.9 Å². The first kappa shape index (κ1) is 13.7. The molecule has 0 aromatic heterocycles. The Balaban J connectivity index is 2.09. The molecule has 1 aliphatic rings. The molecule has 1 aromatic carbocycles. The number of piperazine rings is 1. The van der Waals surface area contributed by atoms with Crippen LogP contribution in [0.1, 0.15) is 13.8 Å². The highest BCUT2D eigenvalue weighted by Crippen LogP contribution is 2.25.